The van der Waals surface area contributed by atoms with Gasteiger partial charge in [0.1, 0.15) is 5.60 Å². The van der Waals surface area contributed by atoms with E-state index in [1.54, 1.807) is 6.07 Å². The smallest absolute Gasteiger partial charge is 0.254 e. The Bertz CT molecular complexity index is 1570. The van der Waals surface area contributed by atoms with Gasteiger partial charge in [0.15, 0.2) is 5.82 Å². The molecule has 8 nitrogen and oxygen atoms in total. The van der Waals surface area contributed by atoms with Crippen LogP contribution in [-0.2, 0) is 17.6 Å². The number of carbonyl (C=O) groups is 2. The van der Waals surface area contributed by atoms with E-state index >= 15 is 4.39 Å². The topological polar surface area (TPSA) is 104 Å². The monoisotopic (exact) mass is 628 g/mol. The Morgan fingerprint density at radius 3 is 2.59 bits per heavy atom. The molecule has 46 heavy (non-hydrogen) atoms. The third-order valence-corrected chi connectivity index (χ3v) is 9.44. The molecule has 244 valence electrons. The van der Waals surface area contributed by atoms with Gasteiger partial charge in [-0.2, -0.15) is 0 Å². The predicted octanol–water partition coefficient (Wildman–Crippen LogP) is 5.67. The van der Waals surface area contributed by atoms with Gasteiger partial charge in [0, 0.05) is 43.7 Å². The van der Waals surface area contributed by atoms with Crippen LogP contribution in [0.3, 0.4) is 0 Å². The normalized spacial score (nSPS) is 20.1. The Labute approximate surface area is 270 Å². The van der Waals surface area contributed by atoms with E-state index in [0.717, 1.165) is 48.8 Å². The van der Waals surface area contributed by atoms with Gasteiger partial charge in [-0.05, 0) is 73.3 Å². The van der Waals surface area contributed by atoms with Gasteiger partial charge in [-0.1, -0.05) is 57.2 Å². The zero-order valence-electron chi connectivity index (χ0n) is 27.0. The van der Waals surface area contributed by atoms with E-state index in [2.05, 4.69) is 37.5 Å². The molecule has 6 rings (SSSR count). The van der Waals surface area contributed by atoms with Gasteiger partial charge in [-0.3, -0.25) is 9.59 Å². The number of anilines is 1. The van der Waals surface area contributed by atoms with E-state index in [0.29, 0.717) is 31.7 Å². The molecule has 1 aromatic heterocycles. The summed E-state index contributed by atoms with van der Waals surface area (Å²) in [6, 6.07) is 15.5. The van der Waals surface area contributed by atoms with E-state index in [4.69, 9.17) is 9.72 Å². The lowest BCUT2D eigenvalue weighted by Crippen LogP contribution is -2.52. The summed E-state index contributed by atoms with van der Waals surface area (Å²) in [6.45, 7) is 7.23. The van der Waals surface area contributed by atoms with Crippen LogP contribution < -0.4 is 20.3 Å². The molecule has 9 heteroatoms. The van der Waals surface area contributed by atoms with Crippen molar-refractivity contribution in [1.82, 2.24) is 15.6 Å². The van der Waals surface area contributed by atoms with Crippen molar-refractivity contribution in [2.24, 2.45) is 5.41 Å². The largest absolute Gasteiger partial charge is 0.471 e. The summed E-state index contributed by atoms with van der Waals surface area (Å²) < 4.78 is 22.1. The molecule has 1 saturated heterocycles. The Morgan fingerprint density at radius 1 is 1.13 bits per heavy atom. The lowest BCUT2D eigenvalue weighted by Gasteiger charge is -2.47. The Kier molecular flexibility index (Phi) is 9.17. The fourth-order valence-corrected chi connectivity index (χ4v) is 6.96. The summed E-state index contributed by atoms with van der Waals surface area (Å²) >= 11 is 0. The van der Waals surface area contributed by atoms with Gasteiger partial charge < -0.3 is 25.4 Å². The summed E-state index contributed by atoms with van der Waals surface area (Å²) in [5, 5.41) is 18.1. The predicted molar refractivity (Wildman–Crippen MR) is 175 cm³/mol. The van der Waals surface area contributed by atoms with Crippen molar-refractivity contribution in [2.75, 3.05) is 18.0 Å². The Balaban J connectivity index is 1.21. The van der Waals surface area contributed by atoms with Crippen LogP contribution in [0.25, 0.3) is 0 Å². The second kappa shape index (κ2) is 13.1. The van der Waals surface area contributed by atoms with Crippen molar-refractivity contribution in [1.29, 1.82) is 0 Å². The molecule has 1 spiro atoms. The van der Waals surface area contributed by atoms with Crippen LogP contribution in [0.1, 0.15) is 92.4 Å². The van der Waals surface area contributed by atoms with Crippen LogP contribution in [0.4, 0.5) is 10.1 Å². The molecule has 0 radical (unpaired) electrons. The number of hydrogen-bond donors (Lipinski definition) is 3. The minimum Gasteiger partial charge on any atom is -0.471 e. The molecule has 3 atom stereocenters. The lowest BCUT2D eigenvalue weighted by atomic mass is 9.73. The molecule has 2 amide bonds. The second-order valence-corrected chi connectivity index (χ2v) is 14.4. The highest BCUT2D eigenvalue weighted by Crippen LogP contribution is 2.48. The number of nitrogens with zero attached hydrogens (tertiary/aromatic N) is 2. The van der Waals surface area contributed by atoms with Gasteiger partial charge in [-0.25, -0.2) is 9.37 Å². The van der Waals surface area contributed by atoms with E-state index in [1.165, 1.54) is 17.0 Å². The first-order valence-electron chi connectivity index (χ1n) is 16.5. The molecule has 3 aromatic rings. The van der Waals surface area contributed by atoms with E-state index < -0.39 is 23.9 Å². The lowest BCUT2D eigenvalue weighted by molar-refractivity contribution is -0.117. The van der Waals surface area contributed by atoms with Gasteiger partial charge in [0.2, 0.25) is 11.8 Å². The number of aromatic nitrogens is 1. The number of rotatable bonds is 10. The highest BCUT2D eigenvalue weighted by molar-refractivity contribution is 5.99. The van der Waals surface area contributed by atoms with E-state index in [-0.39, 0.29) is 40.8 Å². The standard InChI is InChI=1S/C37H45FN4O4/c1-36(2,3)20-25-18-27-29(21-37(15-9-16-37)46-35(27)40-22-25)39-23-31(43)28(19-24-10-5-4-6-11-24)41-34(45)26-12-7-13-30(33(26)38)42-17-8-14-32(42)44/h4-7,10-13,18,22,28-29,31,39,43H,8-9,14-17,19-21,23H2,1-3H3,(H,41,45)/t28-,29-,31+/m0/s1. The number of ether oxygens (including phenoxy) is 1. The number of pyridine rings is 1. The van der Waals surface area contributed by atoms with Crippen molar-refractivity contribution >= 4 is 17.5 Å². The molecule has 3 N–H and O–H groups in total. The van der Waals surface area contributed by atoms with Crippen molar-refractivity contribution in [3.05, 3.63) is 88.9 Å². The number of fused-ring (bicyclic) bond motifs is 1. The summed E-state index contributed by atoms with van der Waals surface area (Å²) in [5.41, 5.74) is 2.88. The number of amides is 2. The molecular weight excluding hydrogens is 583 g/mol. The molecule has 2 aliphatic heterocycles. The van der Waals surface area contributed by atoms with Crippen molar-refractivity contribution in [2.45, 2.75) is 95.9 Å². The third-order valence-electron chi connectivity index (χ3n) is 9.44. The summed E-state index contributed by atoms with van der Waals surface area (Å²) in [7, 11) is 0. The van der Waals surface area contributed by atoms with Crippen molar-refractivity contribution in [3.63, 3.8) is 0 Å². The zero-order valence-corrected chi connectivity index (χ0v) is 27.0. The summed E-state index contributed by atoms with van der Waals surface area (Å²) in [6.07, 6.45) is 7.00. The number of hydrogen-bond acceptors (Lipinski definition) is 6. The average molecular weight is 629 g/mol. The highest BCUT2D eigenvalue weighted by Gasteiger charge is 2.46. The summed E-state index contributed by atoms with van der Waals surface area (Å²) in [5.74, 6) is -0.869. The molecule has 3 aliphatic rings. The zero-order chi connectivity index (χ0) is 32.5. The van der Waals surface area contributed by atoms with Crippen molar-refractivity contribution < 1.29 is 23.8 Å². The molecule has 1 aliphatic carbocycles. The molecule has 0 unspecified atom stereocenters. The Hall–Kier alpha value is -3.82. The van der Waals surface area contributed by atoms with Gasteiger partial charge in [-0.15, -0.1) is 0 Å². The quantitative estimate of drug-likeness (QED) is 0.267. The first-order chi connectivity index (χ1) is 22.0. The second-order valence-electron chi connectivity index (χ2n) is 14.4. The van der Waals surface area contributed by atoms with Crippen LogP contribution in [-0.4, -0.2) is 52.7 Å². The molecule has 3 heterocycles. The third kappa shape index (κ3) is 7.10. The first-order valence-corrected chi connectivity index (χ1v) is 16.5. The fraction of sp³-hybridized carbons (Fsp3) is 0.486. The number of aliphatic hydroxyl groups is 1. The molecule has 1 saturated carbocycles. The van der Waals surface area contributed by atoms with Gasteiger partial charge in [0.25, 0.3) is 5.91 Å². The molecule has 0 bridgehead atoms. The minimum atomic E-state index is -0.982. The Morgan fingerprint density at radius 2 is 1.91 bits per heavy atom. The van der Waals surface area contributed by atoms with Gasteiger partial charge >= 0.3 is 0 Å². The minimum absolute atomic E-state index is 0.0775. The number of halogens is 1. The molecule has 2 aromatic carbocycles. The van der Waals surface area contributed by atoms with Crippen LogP contribution in [0.5, 0.6) is 5.88 Å². The van der Waals surface area contributed by atoms with Crippen molar-refractivity contribution in [3.8, 4) is 5.88 Å². The summed E-state index contributed by atoms with van der Waals surface area (Å²) in [4.78, 5) is 32.0. The van der Waals surface area contributed by atoms with Crippen LogP contribution >= 0.6 is 0 Å². The fourth-order valence-electron chi connectivity index (χ4n) is 6.96. The van der Waals surface area contributed by atoms with E-state index in [9.17, 15) is 14.7 Å². The van der Waals surface area contributed by atoms with Gasteiger partial charge in [0.05, 0.1) is 23.4 Å². The van der Waals surface area contributed by atoms with Crippen LogP contribution in [0, 0.1) is 11.2 Å². The van der Waals surface area contributed by atoms with Crippen LogP contribution in [0.15, 0.2) is 60.8 Å². The number of carbonyl (C=O) groups excluding carboxylic acids is 2. The maximum absolute atomic E-state index is 15.7. The average Bonchev–Trinajstić information content (AvgIpc) is 3.43. The number of aliphatic hydroxyl groups excluding tert-OH is 1. The SMILES string of the molecule is CC(C)(C)Cc1cnc2c(c1)[C@@H](NC[C@@H](O)[C@H](Cc1ccccc1)NC(=O)c1cccc(N3CCCC3=O)c1F)CC1(CCC1)O2. The number of benzene rings is 2. The van der Waals surface area contributed by atoms with Crippen LogP contribution in [0.2, 0.25) is 0 Å². The maximum Gasteiger partial charge on any atom is 0.254 e. The molecule has 2 fully saturated rings. The highest BCUT2D eigenvalue weighted by atomic mass is 19.1. The molecular formula is C37H45FN4O4. The van der Waals surface area contributed by atoms with E-state index in [1.807, 2.05) is 36.5 Å². The number of nitrogens with one attached hydrogen (secondary N) is 2. The maximum atomic E-state index is 15.7. The first kappa shape index (κ1) is 32.1.